The number of rotatable bonds is 2. The lowest BCUT2D eigenvalue weighted by atomic mass is 9.97. The number of hydrogen-bond acceptors (Lipinski definition) is 1. The molecule has 0 fully saturated rings. The number of carbonyl (C=O) groups excluding carboxylic acids is 1. The Morgan fingerprint density at radius 3 is 2.32 bits per heavy atom. The van der Waals surface area contributed by atoms with Gasteiger partial charge in [0, 0.05) is 5.56 Å². The monoisotopic (exact) mass is 280 g/mol. The molecule has 2 rings (SSSR count). The zero-order valence-electron chi connectivity index (χ0n) is 10.4. The Kier molecular flexibility index (Phi) is 3.67. The average Bonchev–Trinajstić information content (AvgIpc) is 2.31. The number of hydrogen-bond donors (Lipinski definition) is 0. The van der Waals surface area contributed by atoms with E-state index in [0.717, 1.165) is 11.6 Å². The Morgan fingerprint density at radius 1 is 1.05 bits per heavy atom. The maximum atomic E-state index is 13.9. The first-order chi connectivity index (χ1) is 8.90. The first-order valence-electron chi connectivity index (χ1n) is 5.66. The fraction of sp³-hybridized carbons (Fsp3) is 0.133. The maximum absolute atomic E-state index is 13.9. The molecule has 19 heavy (non-hydrogen) atoms. The lowest BCUT2D eigenvalue weighted by molar-refractivity contribution is 0.103. The SMILES string of the molecule is Cc1cc(C)c(C(=O)c2ccc(Cl)c(F)c2)c(F)c1. The van der Waals surface area contributed by atoms with E-state index in [4.69, 9.17) is 11.6 Å². The molecule has 0 aliphatic heterocycles. The second-order valence-electron chi connectivity index (χ2n) is 4.40. The molecule has 0 amide bonds. The van der Waals surface area contributed by atoms with Crippen molar-refractivity contribution in [3.05, 3.63) is 69.2 Å². The quantitative estimate of drug-likeness (QED) is 0.742. The van der Waals surface area contributed by atoms with Crippen molar-refractivity contribution in [1.29, 1.82) is 0 Å². The lowest BCUT2D eigenvalue weighted by Crippen LogP contribution is -2.07. The van der Waals surface area contributed by atoms with Crippen LogP contribution in [0.3, 0.4) is 0 Å². The largest absolute Gasteiger partial charge is 0.288 e. The second-order valence-corrected chi connectivity index (χ2v) is 4.80. The van der Waals surface area contributed by atoms with Crippen molar-refractivity contribution in [1.82, 2.24) is 0 Å². The van der Waals surface area contributed by atoms with Gasteiger partial charge in [-0.2, -0.15) is 0 Å². The van der Waals surface area contributed by atoms with Crippen molar-refractivity contribution in [3.8, 4) is 0 Å². The molecular weight excluding hydrogens is 270 g/mol. The van der Waals surface area contributed by atoms with Gasteiger partial charge in [0.15, 0.2) is 5.78 Å². The fourth-order valence-corrected chi connectivity index (χ4v) is 2.10. The highest BCUT2D eigenvalue weighted by Gasteiger charge is 2.18. The first-order valence-corrected chi connectivity index (χ1v) is 6.04. The summed E-state index contributed by atoms with van der Waals surface area (Å²) in [6.45, 7) is 3.39. The van der Waals surface area contributed by atoms with E-state index < -0.39 is 17.4 Å². The van der Waals surface area contributed by atoms with Gasteiger partial charge >= 0.3 is 0 Å². The summed E-state index contributed by atoms with van der Waals surface area (Å²) in [7, 11) is 0. The molecule has 2 aromatic rings. The summed E-state index contributed by atoms with van der Waals surface area (Å²) in [6.07, 6.45) is 0. The number of benzene rings is 2. The van der Waals surface area contributed by atoms with Crippen LogP contribution in [0.15, 0.2) is 30.3 Å². The van der Waals surface area contributed by atoms with E-state index in [1.165, 1.54) is 18.2 Å². The average molecular weight is 281 g/mol. The Bertz CT molecular complexity index is 642. The molecule has 0 spiro atoms. The zero-order valence-corrected chi connectivity index (χ0v) is 11.2. The Labute approximate surface area is 114 Å². The molecule has 0 unspecified atom stereocenters. The van der Waals surface area contributed by atoms with Gasteiger partial charge in [0.25, 0.3) is 0 Å². The molecule has 0 radical (unpaired) electrons. The van der Waals surface area contributed by atoms with Crippen molar-refractivity contribution in [3.63, 3.8) is 0 Å². The number of halogens is 3. The van der Waals surface area contributed by atoms with E-state index in [1.807, 2.05) is 0 Å². The molecule has 0 aromatic heterocycles. The number of ketones is 1. The lowest BCUT2D eigenvalue weighted by Gasteiger charge is -2.08. The molecule has 0 bridgehead atoms. The van der Waals surface area contributed by atoms with Crippen molar-refractivity contribution in [2.24, 2.45) is 0 Å². The molecule has 0 saturated heterocycles. The molecule has 4 heteroatoms. The molecule has 2 aromatic carbocycles. The van der Waals surface area contributed by atoms with Crippen LogP contribution in [0.2, 0.25) is 5.02 Å². The zero-order chi connectivity index (χ0) is 14.2. The van der Waals surface area contributed by atoms with E-state index in [2.05, 4.69) is 0 Å². The molecule has 1 nitrogen and oxygen atoms in total. The van der Waals surface area contributed by atoms with Crippen LogP contribution in [0.4, 0.5) is 8.78 Å². The van der Waals surface area contributed by atoms with E-state index in [1.54, 1.807) is 19.9 Å². The molecular formula is C15H11ClF2O. The molecule has 0 saturated carbocycles. The van der Waals surface area contributed by atoms with Gasteiger partial charge in [-0.25, -0.2) is 8.78 Å². The van der Waals surface area contributed by atoms with Gasteiger partial charge in [-0.05, 0) is 49.2 Å². The molecule has 0 N–H and O–H groups in total. The highest BCUT2D eigenvalue weighted by Crippen LogP contribution is 2.22. The van der Waals surface area contributed by atoms with Crippen molar-refractivity contribution in [2.75, 3.05) is 0 Å². The predicted molar refractivity (Wildman–Crippen MR) is 70.7 cm³/mol. The summed E-state index contributed by atoms with van der Waals surface area (Å²) < 4.78 is 27.2. The van der Waals surface area contributed by atoms with Gasteiger partial charge in [0.1, 0.15) is 11.6 Å². The third-order valence-corrected chi connectivity index (χ3v) is 3.15. The third kappa shape index (κ3) is 2.66. The van der Waals surface area contributed by atoms with Crippen molar-refractivity contribution >= 4 is 17.4 Å². The molecule has 0 aliphatic carbocycles. The molecule has 0 atom stereocenters. The van der Waals surface area contributed by atoms with Crippen LogP contribution in [-0.4, -0.2) is 5.78 Å². The standard InChI is InChI=1S/C15H11ClF2O/c1-8-5-9(2)14(13(18)6-8)15(19)10-3-4-11(16)12(17)7-10/h3-7H,1-2H3. The normalized spacial score (nSPS) is 10.6. The van der Waals surface area contributed by atoms with Crippen LogP contribution < -0.4 is 0 Å². The van der Waals surface area contributed by atoms with E-state index >= 15 is 0 Å². The van der Waals surface area contributed by atoms with Gasteiger partial charge in [-0.15, -0.1) is 0 Å². The maximum Gasteiger partial charge on any atom is 0.196 e. The van der Waals surface area contributed by atoms with Gasteiger partial charge in [0.2, 0.25) is 0 Å². The van der Waals surface area contributed by atoms with Crippen LogP contribution in [0.25, 0.3) is 0 Å². The third-order valence-electron chi connectivity index (χ3n) is 2.84. The summed E-state index contributed by atoms with van der Waals surface area (Å²) in [5, 5.41) is -0.0716. The van der Waals surface area contributed by atoms with Crippen LogP contribution in [0.5, 0.6) is 0 Å². The summed E-state index contributed by atoms with van der Waals surface area (Å²) in [5.74, 6) is -1.85. The topological polar surface area (TPSA) is 17.1 Å². The van der Waals surface area contributed by atoms with Crippen LogP contribution in [0, 0.1) is 25.5 Å². The first kappa shape index (κ1) is 13.7. The Balaban J connectivity index is 2.53. The molecule has 0 aliphatic rings. The van der Waals surface area contributed by atoms with E-state index in [0.29, 0.717) is 5.56 Å². The number of carbonyl (C=O) groups is 1. The van der Waals surface area contributed by atoms with Gasteiger partial charge < -0.3 is 0 Å². The van der Waals surface area contributed by atoms with Crippen LogP contribution in [-0.2, 0) is 0 Å². The summed E-state index contributed by atoms with van der Waals surface area (Å²) in [5.41, 5.74) is 1.30. The Morgan fingerprint density at radius 2 is 1.74 bits per heavy atom. The highest BCUT2D eigenvalue weighted by atomic mass is 35.5. The minimum atomic E-state index is -0.697. The van der Waals surface area contributed by atoms with Gasteiger partial charge in [-0.3, -0.25) is 4.79 Å². The minimum absolute atomic E-state index is 0.0349. The summed E-state index contributed by atoms with van der Waals surface area (Å²) in [6, 6.07) is 6.68. The minimum Gasteiger partial charge on any atom is -0.288 e. The predicted octanol–water partition coefficient (Wildman–Crippen LogP) is 4.47. The second kappa shape index (κ2) is 5.10. The number of aryl methyl sites for hydroxylation is 2. The summed E-state index contributed by atoms with van der Waals surface area (Å²) >= 11 is 5.55. The Hall–Kier alpha value is -1.74. The molecule has 98 valence electrons. The van der Waals surface area contributed by atoms with E-state index in [9.17, 15) is 13.6 Å². The van der Waals surface area contributed by atoms with Crippen molar-refractivity contribution in [2.45, 2.75) is 13.8 Å². The van der Waals surface area contributed by atoms with Crippen molar-refractivity contribution < 1.29 is 13.6 Å². The van der Waals surface area contributed by atoms with Gasteiger partial charge in [-0.1, -0.05) is 17.7 Å². The summed E-state index contributed by atoms with van der Waals surface area (Å²) in [4.78, 5) is 12.2. The smallest absolute Gasteiger partial charge is 0.196 e. The highest BCUT2D eigenvalue weighted by molar-refractivity contribution is 6.30. The molecule has 0 heterocycles. The fourth-order valence-electron chi connectivity index (χ4n) is 1.98. The van der Waals surface area contributed by atoms with Crippen LogP contribution >= 0.6 is 11.6 Å². The van der Waals surface area contributed by atoms with E-state index in [-0.39, 0.29) is 16.1 Å². The van der Waals surface area contributed by atoms with Gasteiger partial charge in [0.05, 0.1) is 10.6 Å². The van der Waals surface area contributed by atoms with Crippen LogP contribution in [0.1, 0.15) is 27.0 Å².